The van der Waals surface area contributed by atoms with Crippen LogP contribution in [0.5, 0.6) is 5.75 Å². The van der Waals surface area contributed by atoms with Crippen LogP contribution in [0.4, 0.5) is 4.39 Å². The summed E-state index contributed by atoms with van der Waals surface area (Å²) < 4.78 is 20.1. The maximum atomic E-state index is 13.8. The first-order valence-corrected chi connectivity index (χ1v) is 6.64. The largest absolute Gasteiger partial charge is 0.481 e. The van der Waals surface area contributed by atoms with Gasteiger partial charge >= 0.3 is 0 Å². The van der Waals surface area contributed by atoms with Gasteiger partial charge in [-0.05, 0) is 31.2 Å². The van der Waals surface area contributed by atoms with E-state index >= 15 is 0 Å². The molecule has 0 saturated carbocycles. The van der Waals surface area contributed by atoms with E-state index in [1.807, 2.05) is 13.0 Å². The molecule has 2 atom stereocenters. The molecule has 2 N–H and O–H groups in total. The minimum Gasteiger partial charge on any atom is -0.481 e. The summed E-state index contributed by atoms with van der Waals surface area (Å²) in [5.41, 5.74) is 6.73. The van der Waals surface area contributed by atoms with Crippen molar-refractivity contribution >= 4 is 15.9 Å². The fourth-order valence-corrected chi connectivity index (χ4v) is 2.06. The van der Waals surface area contributed by atoms with Crippen molar-refractivity contribution in [1.29, 1.82) is 0 Å². The van der Waals surface area contributed by atoms with Crippen LogP contribution in [0.15, 0.2) is 47.2 Å². The fourth-order valence-electron chi connectivity index (χ4n) is 1.73. The first-order valence-electron chi connectivity index (χ1n) is 5.85. The van der Waals surface area contributed by atoms with Crippen LogP contribution in [0, 0.1) is 5.82 Å². The Morgan fingerprint density at radius 1 is 1.37 bits per heavy atom. The number of hydrogen-bond acceptors (Lipinski definition) is 3. The van der Waals surface area contributed by atoms with Crippen LogP contribution in [0.25, 0.3) is 0 Å². The summed E-state index contributed by atoms with van der Waals surface area (Å²) in [6.07, 6.45) is 2.90. The van der Waals surface area contributed by atoms with Gasteiger partial charge < -0.3 is 10.5 Å². The molecular weight excluding hydrogens is 311 g/mol. The number of nitrogens with two attached hydrogens (primary N) is 1. The van der Waals surface area contributed by atoms with Crippen LogP contribution in [-0.4, -0.2) is 11.0 Å². The molecule has 2 rings (SSSR count). The Morgan fingerprint density at radius 2 is 2.16 bits per heavy atom. The molecule has 3 nitrogen and oxygen atoms in total. The number of pyridine rings is 1. The molecule has 0 amide bonds. The quantitative estimate of drug-likeness (QED) is 0.937. The Bertz CT molecular complexity index is 548. The Labute approximate surface area is 119 Å². The number of ether oxygens (including phenoxy) is 1. The number of aromatic nitrogens is 1. The summed E-state index contributed by atoms with van der Waals surface area (Å²) in [6, 6.07) is 8.03. The van der Waals surface area contributed by atoms with Gasteiger partial charge in [-0.15, -0.1) is 0 Å². The van der Waals surface area contributed by atoms with Gasteiger partial charge in [0.1, 0.15) is 6.10 Å². The molecule has 1 heterocycles. The van der Waals surface area contributed by atoms with Gasteiger partial charge in [-0.2, -0.15) is 0 Å². The second kappa shape index (κ2) is 6.12. The molecule has 0 bridgehead atoms. The minimum atomic E-state index is -0.440. The van der Waals surface area contributed by atoms with Crippen LogP contribution in [0.2, 0.25) is 0 Å². The SMILES string of the molecule is CC(N)C(Oc1ccc(Br)cc1F)c1cccnc1. The molecule has 2 unspecified atom stereocenters. The summed E-state index contributed by atoms with van der Waals surface area (Å²) in [4.78, 5) is 4.03. The van der Waals surface area contributed by atoms with E-state index in [4.69, 9.17) is 10.5 Å². The average Bonchev–Trinajstić information content (AvgIpc) is 2.38. The third-order valence-corrected chi connectivity index (χ3v) is 3.13. The van der Waals surface area contributed by atoms with Crippen molar-refractivity contribution in [3.63, 3.8) is 0 Å². The van der Waals surface area contributed by atoms with E-state index in [1.165, 1.54) is 6.07 Å². The van der Waals surface area contributed by atoms with Crippen molar-refractivity contribution in [2.24, 2.45) is 5.73 Å². The van der Waals surface area contributed by atoms with Crippen molar-refractivity contribution in [3.05, 3.63) is 58.6 Å². The lowest BCUT2D eigenvalue weighted by Crippen LogP contribution is -2.29. The zero-order valence-electron chi connectivity index (χ0n) is 10.4. The van der Waals surface area contributed by atoms with E-state index in [9.17, 15) is 4.39 Å². The van der Waals surface area contributed by atoms with Crippen molar-refractivity contribution in [2.75, 3.05) is 0 Å². The number of nitrogens with zero attached hydrogens (tertiary/aromatic N) is 1. The van der Waals surface area contributed by atoms with Gasteiger partial charge in [0, 0.05) is 28.5 Å². The van der Waals surface area contributed by atoms with Gasteiger partial charge in [0.15, 0.2) is 11.6 Å². The van der Waals surface area contributed by atoms with Crippen LogP contribution >= 0.6 is 15.9 Å². The van der Waals surface area contributed by atoms with Gasteiger partial charge in [0.2, 0.25) is 0 Å². The molecule has 100 valence electrons. The molecule has 1 aromatic heterocycles. The van der Waals surface area contributed by atoms with E-state index < -0.39 is 11.9 Å². The lowest BCUT2D eigenvalue weighted by atomic mass is 10.1. The molecule has 0 aliphatic heterocycles. The van der Waals surface area contributed by atoms with Crippen molar-refractivity contribution in [2.45, 2.75) is 19.1 Å². The van der Waals surface area contributed by atoms with E-state index in [0.29, 0.717) is 4.47 Å². The van der Waals surface area contributed by atoms with Crippen molar-refractivity contribution in [1.82, 2.24) is 4.98 Å². The van der Waals surface area contributed by atoms with E-state index in [0.717, 1.165) is 5.56 Å². The molecular formula is C14H14BrFN2O. The monoisotopic (exact) mass is 324 g/mol. The predicted molar refractivity (Wildman–Crippen MR) is 75.4 cm³/mol. The molecule has 19 heavy (non-hydrogen) atoms. The second-order valence-electron chi connectivity index (χ2n) is 4.26. The Morgan fingerprint density at radius 3 is 2.74 bits per heavy atom. The maximum absolute atomic E-state index is 13.8. The third kappa shape index (κ3) is 3.52. The molecule has 0 spiro atoms. The summed E-state index contributed by atoms with van der Waals surface area (Å²) in [5.74, 6) is -0.252. The normalized spacial score (nSPS) is 13.9. The second-order valence-corrected chi connectivity index (χ2v) is 5.17. The molecule has 5 heteroatoms. The highest BCUT2D eigenvalue weighted by Gasteiger charge is 2.20. The highest BCUT2D eigenvalue weighted by atomic mass is 79.9. The third-order valence-electron chi connectivity index (χ3n) is 2.64. The minimum absolute atomic E-state index is 0.175. The fraction of sp³-hybridized carbons (Fsp3) is 0.214. The number of hydrogen-bond donors (Lipinski definition) is 1. The summed E-state index contributed by atoms with van der Waals surface area (Å²) in [6.45, 7) is 1.81. The topological polar surface area (TPSA) is 48.1 Å². The number of rotatable bonds is 4. The van der Waals surface area contributed by atoms with E-state index in [1.54, 1.807) is 30.6 Å². The number of halogens is 2. The zero-order chi connectivity index (χ0) is 13.8. The smallest absolute Gasteiger partial charge is 0.166 e. The highest BCUT2D eigenvalue weighted by Crippen LogP contribution is 2.27. The van der Waals surface area contributed by atoms with E-state index in [-0.39, 0.29) is 11.8 Å². The van der Waals surface area contributed by atoms with Gasteiger partial charge in [0.25, 0.3) is 0 Å². The highest BCUT2D eigenvalue weighted by molar-refractivity contribution is 9.10. The molecule has 0 saturated heterocycles. The maximum Gasteiger partial charge on any atom is 0.166 e. The molecule has 1 aromatic carbocycles. The molecule has 0 radical (unpaired) electrons. The van der Waals surface area contributed by atoms with Crippen LogP contribution in [0.3, 0.4) is 0 Å². The van der Waals surface area contributed by atoms with E-state index in [2.05, 4.69) is 20.9 Å². The average molecular weight is 325 g/mol. The van der Waals surface area contributed by atoms with Gasteiger partial charge in [-0.3, -0.25) is 4.98 Å². The Hall–Kier alpha value is -1.46. The van der Waals surface area contributed by atoms with Gasteiger partial charge in [-0.1, -0.05) is 22.0 Å². The summed E-state index contributed by atoms with van der Waals surface area (Å²) >= 11 is 3.21. The molecule has 0 aliphatic rings. The van der Waals surface area contributed by atoms with Crippen molar-refractivity contribution < 1.29 is 9.13 Å². The Balaban J connectivity index is 2.27. The van der Waals surface area contributed by atoms with Crippen LogP contribution in [-0.2, 0) is 0 Å². The van der Waals surface area contributed by atoms with Crippen LogP contribution in [0.1, 0.15) is 18.6 Å². The van der Waals surface area contributed by atoms with Crippen LogP contribution < -0.4 is 10.5 Å². The lowest BCUT2D eigenvalue weighted by Gasteiger charge is -2.22. The summed E-state index contributed by atoms with van der Waals surface area (Å²) in [7, 11) is 0. The first-order chi connectivity index (χ1) is 9.08. The lowest BCUT2D eigenvalue weighted by molar-refractivity contribution is 0.172. The standard InChI is InChI=1S/C14H14BrFN2O/c1-9(17)14(10-3-2-6-18-8-10)19-13-5-4-11(15)7-12(13)16/h2-9,14H,17H2,1H3. The first kappa shape index (κ1) is 14.0. The molecule has 0 aliphatic carbocycles. The van der Waals surface area contributed by atoms with Gasteiger partial charge in [0.05, 0.1) is 0 Å². The molecule has 2 aromatic rings. The number of benzene rings is 1. The molecule has 0 fully saturated rings. The zero-order valence-corrected chi connectivity index (χ0v) is 12.0. The predicted octanol–water partition coefficient (Wildman–Crippen LogP) is 3.45. The Kier molecular flexibility index (Phi) is 4.50. The van der Waals surface area contributed by atoms with Crippen molar-refractivity contribution in [3.8, 4) is 5.75 Å². The summed E-state index contributed by atoms with van der Waals surface area (Å²) in [5, 5.41) is 0. The van der Waals surface area contributed by atoms with Gasteiger partial charge in [-0.25, -0.2) is 4.39 Å².